The number of hydrogen-bond donors (Lipinski definition) is 1. The van der Waals surface area contributed by atoms with Crippen molar-refractivity contribution in [1.29, 1.82) is 0 Å². The number of halogens is 3. The molecule has 1 fully saturated rings. The Kier molecular flexibility index (Phi) is 4.76. The molecule has 1 aromatic rings. The molecule has 1 aliphatic rings. The minimum atomic E-state index is -3.58. The van der Waals surface area contributed by atoms with Gasteiger partial charge in [0.05, 0.1) is 5.25 Å². The van der Waals surface area contributed by atoms with Crippen LogP contribution in [0.15, 0.2) is 12.1 Å². The number of hydrogen-bond acceptors (Lipinski definition) is 3. The van der Waals surface area contributed by atoms with Gasteiger partial charge in [-0.05, 0) is 6.42 Å². The summed E-state index contributed by atoms with van der Waals surface area (Å²) in [6.07, 6.45) is 0.172. The van der Waals surface area contributed by atoms with Crippen molar-refractivity contribution in [3.63, 3.8) is 0 Å². The van der Waals surface area contributed by atoms with E-state index in [1.807, 2.05) is 0 Å². The van der Waals surface area contributed by atoms with Crippen molar-refractivity contribution in [3.05, 3.63) is 35.1 Å². The van der Waals surface area contributed by atoms with E-state index < -0.39 is 44.2 Å². The summed E-state index contributed by atoms with van der Waals surface area (Å²) in [5.41, 5.74) is -0.872. The lowest BCUT2D eigenvalue weighted by Crippen LogP contribution is -2.38. The zero-order chi connectivity index (χ0) is 16.5. The largest absolute Gasteiger partial charge is 0.337 e. The minimum absolute atomic E-state index is 0.0599. The SMILES string of the molecule is CCNS(=O)(=O)[C@H]1CCN(C(=O)c2c(F)cc(F)cc2F)C1. The molecule has 1 aromatic carbocycles. The molecule has 0 saturated carbocycles. The Hall–Kier alpha value is -1.61. The van der Waals surface area contributed by atoms with E-state index >= 15 is 0 Å². The fraction of sp³-hybridized carbons (Fsp3) is 0.462. The smallest absolute Gasteiger partial charge is 0.259 e. The minimum Gasteiger partial charge on any atom is -0.337 e. The van der Waals surface area contributed by atoms with Gasteiger partial charge in [0.2, 0.25) is 10.0 Å². The van der Waals surface area contributed by atoms with E-state index in [0.717, 1.165) is 4.90 Å². The second kappa shape index (κ2) is 6.25. The van der Waals surface area contributed by atoms with Gasteiger partial charge >= 0.3 is 0 Å². The maximum absolute atomic E-state index is 13.6. The first-order chi connectivity index (χ1) is 10.3. The summed E-state index contributed by atoms with van der Waals surface area (Å²) in [6, 6.07) is 0.832. The second-order valence-electron chi connectivity index (χ2n) is 4.95. The van der Waals surface area contributed by atoms with Gasteiger partial charge in [-0.1, -0.05) is 6.92 Å². The Labute approximate surface area is 126 Å². The van der Waals surface area contributed by atoms with Crippen LogP contribution in [-0.4, -0.2) is 44.1 Å². The monoisotopic (exact) mass is 336 g/mol. The average Bonchev–Trinajstić information content (AvgIpc) is 2.87. The first-order valence-corrected chi connectivity index (χ1v) is 8.23. The summed E-state index contributed by atoms with van der Waals surface area (Å²) >= 11 is 0. The van der Waals surface area contributed by atoms with Crippen molar-refractivity contribution >= 4 is 15.9 Å². The zero-order valence-corrected chi connectivity index (χ0v) is 12.6. The number of benzene rings is 1. The molecule has 0 aliphatic carbocycles. The maximum Gasteiger partial charge on any atom is 0.259 e. The fourth-order valence-electron chi connectivity index (χ4n) is 2.39. The standard InChI is InChI=1S/C13H15F3N2O3S/c1-2-17-22(20,21)9-3-4-18(7-9)13(19)12-10(15)5-8(14)6-11(12)16/h5-6,9,17H,2-4,7H2,1H3/t9-/m0/s1. The molecule has 2 rings (SSSR count). The van der Waals surface area contributed by atoms with Gasteiger partial charge in [-0.3, -0.25) is 4.79 Å². The van der Waals surface area contributed by atoms with Crippen LogP contribution in [0.2, 0.25) is 0 Å². The topological polar surface area (TPSA) is 66.5 Å². The van der Waals surface area contributed by atoms with E-state index in [-0.39, 0.29) is 26.1 Å². The van der Waals surface area contributed by atoms with Gasteiger partial charge in [-0.15, -0.1) is 0 Å². The van der Waals surface area contributed by atoms with E-state index in [1.54, 1.807) is 6.92 Å². The number of carbonyl (C=O) groups excluding carboxylic acids is 1. The molecule has 1 aliphatic heterocycles. The van der Waals surface area contributed by atoms with E-state index in [0.29, 0.717) is 12.1 Å². The van der Waals surface area contributed by atoms with Gasteiger partial charge in [-0.2, -0.15) is 0 Å². The Morgan fingerprint density at radius 2 is 1.91 bits per heavy atom. The highest BCUT2D eigenvalue weighted by molar-refractivity contribution is 7.90. The van der Waals surface area contributed by atoms with Crippen molar-refractivity contribution in [1.82, 2.24) is 9.62 Å². The van der Waals surface area contributed by atoms with Crippen molar-refractivity contribution in [2.24, 2.45) is 0 Å². The number of carbonyl (C=O) groups is 1. The van der Waals surface area contributed by atoms with Gasteiger partial charge in [0.25, 0.3) is 5.91 Å². The number of nitrogens with one attached hydrogen (secondary N) is 1. The third-order valence-corrected chi connectivity index (χ3v) is 5.39. The van der Waals surface area contributed by atoms with E-state index in [4.69, 9.17) is 0 Å². The van der Waals surface area contributed by atoms with Crippen molar-refractivity contribution in [2.45, 2.75) is 18.6 Å². The van der Waals surface area contributed by atoms with Gasteiger partial charge in [0.1, 0.15) is 23.0 Å². The highest BCUT2D eigenvalue weighted by Gasteiger charge is 2.36. The molecule has 1 amide bonds. The summed E-state index contributed by atoms with van der Waals surface area (Å²) in [5.74, 6) is -4.72. The highest BCUT2D eigenvalue weighted by atomic mass is 32.2. The van der Waals surface area contributed by atoms with Crippen molar-refractivity contribution < 1.29 is 26.4 Å². The normalized spacial score (nSPS) is 18.7. The Morgan fingerprint density at radius 3 is 2.45 bits per heavy atom. The van der Waals surface area contributed by atoms with Gasteiger partial charge < -0.3 is 4.90 Å². The summed E-state index contributed by atoms with van der Waals surface area (Å²) in [6.45, 7) is 1.74. The average molecular weight is 336 g/mol. The van der Waals surface area contributed by atoms with Crippen LogP contribution >= 0.6 is 0 Å². The van der Waals surface area contributed by atoms with Crippen LogP contribution in [0.1, 0.15) is 23.7 Å². The second-order valence-corrected chi connectivity index (χ2v) is 6.99. The molecule has 0 unspecified atom stereocenters. The van der Waals surface area contributed by atoms with Crippen LogP contribution in [-0.2, 0) is 10.0 Å². The van der Waals surface area contributed by atoms with Crippen LogP contribution in [0.25, 0.3) is 0 Å². The van der Waals surface area contributed by atoms with Crippen LogP contribution < -0.4 is 4.72 Å². The summed E-state index contributed by atoms with van der Waals surface area (Å²) < 4.78 is 66.1. The molecule has 0 radical (unpaired) electrons. The first-order valence-electron chi connectivity index (χ1n) is 6.68. The first kappa shape index (κ1) is 16.8. The molecule has 0 bridgehead atoms. The summed E-state index contributed by atoms with van der Waals surface area (Å²) in [5, 5.41) is -0.831. The van der Waals surface area contributed by atoms with E-state index in [1.165, 1.54) is 0 Å². The molecule has 22 heavy (non-hydrogen) atoms. The summed E-state index contributed by atoms with van der Waals surface area (Å²) in [4.78, 5) is 13.2. The summed E-state index contributed by atoms with van der Waals surface area (Å²) in [7, 11) is -3.58. The Bertz CT molecular complexity index is 671. The number of likely N-dealkylation sites (tertiary alicyclic amines) is 1. The molecule has 1 atom stereocenters. The predicted octanol–water partition coefficient (Wildman–Crippen LogP) is 1.26. The number of sulfonamides is 1. The van der Waals surface area contributed by atoms with E-state index in [9.17, 15) is 26.4 Å². The fourth-order valence-corrected chi connectivity index (χ4v) is 3.82. The molecule has 1 N–H and O–H groups in total. The van der Waals surface area contributed by atoms with Crippen LogP contribution in [0.3, 0.4) is 0 Å². The molecular formula is C13H15F3N2O3S. The van der Waals surface area contributed by atoms with Crippen molar-refractivity contribution in [3.8, 4) is 0 Å². The quantitative estimate of drug-likeness (QED) is 0.900. The molecule has 9 heteroatoms. The maximum atomic E-state index is 13.6. The number of amides is 1. The molecule has 5 nitrogen and oxygen atoms in total. The third kappa shape index (κ3) is 3.25. The van der Waals surface area contributed by atoms with Crippen LogP contribution in [0.5, 0.6) is 0 Å². The zero-order valence-electron chi connectivity index (χ0n) is 11.8. The third-order valence-electron chi connectivity index (χ3n) is 3.44. The van der Waals surface area contributed by atoms with Crippen molar-refractivity contribution in [2.75, 3.05) is 19.6 Å². The Morgan fingerprint density at radius 1 is 1.32 bits per heavy atom. The number of nitrogens with zero attached hydrogens (tertiary/aromatic N) is 1. The molecule has 1 saturated heterocycles. The highest BCUT2D eigenvalue weighted by Crippen LogP contribution is 2.22. The van der Waals surface area contributed by atoms with Gasteiger partial charge in [0, 0.05) is 31.8 Å². The molecule has 0 spiro atoms. The molecular weight excluding hydrogens is 321 g/mol. The van der Waals surface area contributed by atoms with Crippen LogP contribution in [0.4, 0.5) is 13.2 Å². The molecule has 122 valence electrons. The van der Waals surface area contributed by atoms with Crippen LogP contribution in [0, 0.1) is 17.5 Å². The lowest BCUT2D eigenvalue weighted by atomic mass is 10.1. The number of rotatable bonds is 4. The molecule has 0 aromatic heterocycles. The predicted molar refractivity (Wildman–Crippen MR) is 73.2 cm³/mol. The van der Waals surface area contributed by atoms with E-state index in [2.05, 4.69) is 4.72 Å². The lowest BCUT2D eigenvalue weighted by Gasteiger charge is -2.17. The molecule has 1 heterocycles. The lowest BCUT2D eigenvalue weighted by molar-refractivity contribution is 0.0783. The Balaban J connectivity index is 2.20. The van der Waals surface area contributed by atoms with Gasteiger partial charge in [0.15, 0.2) is 0 Å². The van der Waals surface area contributed by atoms with Gasteiger partial charge in [-0.25, -0.2) is 26.3 Å².